The molecule has 0 fully saturated rings. The van der Waals surface area contributed by atoms with E-state index < -0.39 is 0 Å². The van der Waals surface area contributed by atoms with Crippen molar-refractivity contribution >= 4 is 11.6 Å². The Morgan fingerprint density at radius 1 is 0.897 bits per heavy atom. The second-order valence-electron chi connectivity index (χ2n) is 6.54. The number of hydrogen-bond acceptors (Lipinski definition) is 3. The van der Waals surface area contributed by atoms with Crippen molar-refractivity contribution in [2.75, 3.05) is 11.9 Å². The molecule has 0 saturated heterocycles. The van der Waals surface area contributed by atoms with Gasteiger partial charge in [-0.1, -0.05) is 48.5 Å². The molecule has 0 aliphatic rings. The summed E-state index contributed by atoms with van der Waals surface area (Å²) in [5, 5.41) is 7.07. The lowest BCUT2D eigenvalue weighted by molar-refractivity contribution is 0.102. The molecule has 1 amide bonds. The van der Waals surface area contributed by atoms with Gasteiger partial charge in [0.15, 0.2) is 0 Å². The van der Waals surface area contributed by atoms with E-state index in [2.05, 4.69) is 10.4 Å². The molecule has 0 unspecified atom stereocenters. The van der Waals surface area contributed by atoms with Crippen LogP contribution in [0.1, 0.15) is 10.4 Å². The fraction of sp³-hybridized carbons (Fsp3) is 0.0833. The Labute approximate surface area is 169 Å². The van der Waals surface area contributed by atoms with E-state index in [9.17, 15) is 4.79 Å². The van der Waals surface area contributed by atoms with Crippen LogP contribution < -0.4 is 10.1 Å². The Balaban J connectivity index is 1.36. The van der Waals surface area contributed by atoms with Crippen LogP contribution in [0, 0.1) is 0 Å². The second kappa shape index (κ2) is 8.89. The predicted octanol–water partition coefficient (Wildman–Crippen LogP) is 4.88. The van der Waals surface area contributed by atoms with Crippen LogP contribution in [0.5, 0.6) is 5.75 Å². The maximum absolute atomic E-state index is 12.6. The summed E-state index contributed by atoms with van der Waals surface area (Å²) in [6.45, 7) is 1.16. The molecule has 0 radical (unpaired) electrons. The van der Waals surface area contributed by atoms with Crippen LogP contribution in [0.3, 0.4) is 0 Å². The summed E-state index contributed by atoms with van der Waals surface area (Å²) in [5.74, 6) is 0.549. The molecule has 0 aliphatic heterocycles. The van der Waals surface area contributed by atoms with Crippen LogP contribution in [0.2, 0.25) is 0 Å². The first-order valence-corrected chi connectivity index (χ1v) is 9.45. The average Bonchev–Trinajstić information content (AvgIpc) is 3.28. The Morgan fingerprint density at radius 2 is 1.69 bits per heavy atom. The van der Waals surface area contributed by atoms with Gasteiger partial charge in [0.2, 0.25) is 0 Å². The Hall–Kier alpha value is -3.86. The highest BCUT2D eigenvalue weighted by molar-refractivity contribution is 6.04. The molecule has 5 heteroatoms. The summed E-state index contributed by atoms with van der Waals surface area (Å²) in [5.41, 5.74) is 3.50. The third kappa shape index (κ3) is 4.90. The van der Waals surface area contributed by atoms with Crippen molar-refractivity contribution in [2.45, 2.75) is 6.54 Å². The van der Waals surface area contributed by atoms with Crippen LogP contribution in [0.15, 0.2) is 97.3 Å². The first-order chi connectivity index (χ1) is 14.3. The average molecular weight is 383 g/mol. The summed E-state index contributed by atoms with van der Waals surface area (Å²) in [6, 6.07) is 26.9. The second-order valence-corrected chi connectivity index (χ2v) is 6.54. The monoisotopic (exact) mass is 383 g/mol. The van der Waals surface area contributed by atoms with Crippen molar-refractivity contribution in [3.63, 3.8) is 0 Å². The highest BCUT2D eigenvalue weighted by atomic mass is 16.5. The molecule has 29 heavy (non-hydrogen) atoms. The van der Waals surface area contributed by atoms with E-state index in [0.29, 0.717) is 30.2 Å². The zero-order valence-corrected chi connectivity index (χ0v) is 15.9. The van der Waals surface area contributed by atoms with Gasteiger partial charge in [0.05, 0.1) is 6.54 Å². The first kappa shape index (κ1) is 18.5. The van der Waals surface area contributed by atoms with E-state index in [0.717, 1.165) is 11.1 Å². The zero-order chi connectivity index (χ0) is 19.9. The lowest BCUT2D eigenvalue weighted by Crippen LogP contribution is -2.12. The van der Waals surface area contributed by atoms with Crippen LogP contribution in [0.4, 0.5) is 5.69 Å². The molecule has 0 aliphatic carbocycles. The number of carbonyl (C=O) groups is 1. The minimum absolute atomic E-state index is 0.154. The highest BCUT2D eigenvalue weighted by Crippen LogP contribution is 2.21. The standard InChI is InChI=1S/C24H21N3O2/c28-24(21-12-10-20(11-13-21)19-6-2-1-3-7-19)26-22-8-4-9-23(18-22)29-17-16-27-15-5-14-25-27/h1-15,18H,16-17H2,(H,26,28). The minimum atomic E-state index is -0.154. The van der Waals surface area contributed by atoms with E-state index in [-0.39, 0.29) is 5.91 Å². The number of amides is 1. The summed E-state index contributed by atoms with van der Waals surface area (Å²) in [4.78, 5) is 12.6. The van der Waals surface area contributed by atoms with E-state index in [1.165, 1.54) is 0 Å². The summed E-state index contributed by atoms with van der Waals surface area (Å²) < 4.78 is 7.57. The molecule has 0 spiro atoms. The van der Waals surface area contributed by atoms with Crippen molar-refractivity contribution in [1.82, 2.24) is 9.78 Å². The third-order valence-corrected chi connectivity index (χ3v) is 4.49. The molecule has 144 valence electrons. The molecule has 0 atom stereocenters. The van der Waals surface area contributed by atoms with Crippen molar-refractivity contribution in [3.8, 4) is 16.9 Å². The summed E-state index contributed by atoms with van der Waals surface area (Å²) in [6.07, 6.45) is 3.63. The summed E-state index contributed by atoms with van der Waals surface area (Å²) >= 11 is 0. The molecule has 1 N–H and O–H groups in total. The van der Waals surface area contributed by atoms with E-state index in [1.54, 1.807) is 6.20 Å². The number of aromatic nitrogens is 2. The van der Waals surface area contributed by atoms with Crippen LogP contribution in [-0.2, 0) is 6.54 Å². The predicted molar refractivity (Wildman–Crippen MR) is 114 cm³/mol. The first-order valence-electron chi connectivity index (χ1n) is 9.45. The lowest BCUT2D eigenvalue weighted by Gasteiger charge is -2.10. The topological polar surface area (TPSA) is 56.1 Å². The quantitative estimate of drug-likeness (QED) is 0.495. The van der Waals surface area contributed by atoms with Crippen LogP contribution >= 0.6 is 0 Å². The Bertz CT molecular complexity index is 1060. The van der Waals surface area contributed by atoms with E-state index in [4.69, 9.17) is 4.74 Å². The number of anilines is 1. The molecule has 1 aromatic heterocycles. The molecule has 3 aromatic carbocycles. The number of nitrogens with one attached hydrogen (secondary N) is 1. The normalized spacial score (nSPS) is 10.5. The van der Waals surface area contributed by atoms with E-state index in [1.807, 2.05) is 95.8 Å². The van der Waals surface area contributed by atoms with E-state index >= 15 is 0 Å². The fourth-order valence-electron chi connectivity index (χ4n) is 3.00. The number of carbonyl (C=O) groups excluding carboxylic acids is 1. The van der Waals surface area contributed by atoms with Crippen molar-refractivity contribution in [3.05, 3.63) is 103 Å². The lowest BCUT2D eigenvalue weighted by atomic mass is 10.0. The third-order valence-electron chi connectivity index (χ3n) is 4.49. The molecular weight excluding hydrogens is 362 g/mol. The van der Waals surface area contributed by atoms with Gasteiger partial charge in [-0.15, -0.1) is 0 Å². The molecule has 1 heterocycles. The molecule has 0 bridgehead atoms. The van der Waals surface area contributed by atoms with Gasteiger partial charge in [0, 0.05) is 29.7 Å². The molecule has 0 saturated carbocycles. The van der Waals surface area contributed by atoms with Crippen LogP contribution in [0.25, 0.3) is 11.1 Å². The van der Waals surface area contributed by atoms with Gasteiger partial charge < -0.3 is 10.1 Å². The molecule has 4 aromatic rings. The maximum atomic E-state index is 12.6. The Kier molecular flexibility index (Phi) is 5.67. The molecule has 5 nitrogen and oxygen atoms in total. The maximum Gasteiger partial charge on any atom is 0.255 e. The van der Waals surface area contributed by atoms with Gasteiger partial charge in [-0.25, -0.2) is 0 Å². The van der Waals surface area contributed by atoms with Gasteiger partial charge >= 0.3 is 0 Å². The molecule has 4 rings (SSSR count). The smallest absolute Gasteiger partial charge is 0.255 e. The molecular formula is C24H21N3O2. The highest BCUT2D eigenvalue weighted by Gasteiger charge is 2.07. The van der Waals surface area contributed by atoms with Crippen LogP contribution in [-0.4, -0.2) is 22.3 Å². The zero-order valence-electron chi connectivity index (χ0n) is 15.9. The SMILES string of the molecule is O=C(Nc1cccc(OCCn2cccn2)c1)c1ccc(-c2ccccc2)cc1. The number of nitrogens with zero attached hydrogens (tertiary/aromatic N) is 2. The number of benzene rings is 3. The number of ether oxygens (including phenoxy) is 1. The van der Waals surface area contributed by atoms with Gasteiger partial charge in [0.25, 0.3) is 5.91 Å². The van der Waals surface area contributed by atoms with Crippen molar-refractivity contribution in [2.24, 2.45) is 0 Å². The van der Waals surface area contributed by atoms with Gasteiger partial charge in [0.1, 0.15) is 12.4 Å². The van der Waals surface area contributed by atoms with Gasteiger partial charge in [-0.05, 0) is 41.5 Å². The van der Waals surface area contributed by atoms with Gasteiger partial charge in [-0.2, -0.15) is 5.10 Å². The minimum Gasteiger partial charge on any atom is -0.492 e. The number of rotatable bonds is 7. The fourth-order valence-corrected chi connectivity index (χ4v) is 3.00. The van der Waals surface area contributed by atoms with Gasteiger partial charge in [-0.3, -0.25) is 9.48 Å². The van der Waals surface area contributed by atoms with Crippen molar-refractivity contribution < 1.29 is 9.53 Å². The summed E-state index contributed by atoms with van der Waals surface area (Å²) in [7, 11) is 0. The number of hydrogen-bond donors (Lipinski definition) is 1. The Morgan fingerprint density at radius 3 is 2.45 bits per heavy atom. The van der Waals surface area contributed by atoms with Crippen molar-refractivity contribution in [1.29, 1.82) is 0 Å². The largest absolute Gasteiger partial charge is 0.492 e.